The SMILES string of the molecule is C=CCn1c(COc2cccc(C)c2)nnc1SC(C)C(=O)NC1CCS(=O)(=O)C1. The lowest BCUT2D eigenvalue weighted by atomic mass is 10.2. The summed E-state index contributed by atoms with van der Waals surface area (Å²) < 4.78 is 30.9. The number of nitrogens with one attached hydrogen (secondary N) is 1. The summed E-state index contributed by atoms with van der Waals surface area (Å²) in [5.74, 6) is 1.29. The Balaban J connectivity index is 1.63. The molecule has 2 heterocycles. The summed E-state index contributed by atoms with van der Waals surface area (Å²) in [5, 5.41) is 11.4. The molecule has 0 saturated carbocycles. The Morgan fingerprint density at radius 3 is 2.93 bits per heavy atom. The number of hydrogen-bond donors (Lipinski definition) is 1. The van der Waals surface area contributed by atoms with Gasteiger partial charge in [0.25, 0.3) is 0 Å². The molecule has 3 rings (SSSR count). The molecular weight excluding hydrogens is 424 g/mol. The second kappa shape index (κ2) is 9.65. The predicted octanol–water partition coefficient (Wildman–Crippen LogP) is 2.14. The first-order chi connectivity index (χ1) is 14.3. The molecule has 1 fully saturated rings. The number of ether oxygens (including phenoxy) is 1. The van der Waals surface area contributed by atoms with E-state index < -0.39 is 15.1 Å². The highest BCUT2D eigenvalue weighted by molar-refractivity contribution is 8.00. The average Bonchev–Trinajstić information content (AvgIpc) is 3.23. The van der Waals surface area contributed by atoms with Gasteiger partial charge in [0.2, 0.25) is 5.91 Å². The van der Waals surface area contributed by atoms with E-state index >= 15 is 0 Å². The molecule has 162 valence electrons. The Bertz CT molecular complexity index is 1020. The summed E-state index contributed by atoms with van der Waals surface area (Å²) in [6, 6.07) is 7.42. The molecule has 1 N–H and O–H groups in total. The van der Waals surface area contributed by atoms with Crippen molar-refractivity contribution in [2.75, 3.05) is 11.5 Å². The summed E-state index contributed by atoms with van der Waals surface area (Å²) in [4.78, 5) is 12.5. The number of rotatable bonds is 9. The molecule has 10 heteroatoms. The number of amides is 1. The zero-order valence-electron chi connectivity index (χ0n) is 17.1. The van der Waals surface area contributed by atoms with Crippen molar-refractivity contribution in [3.63, 3.8) is 0 Å². The fourth-order valence-corrected chi connectivity index (χ4v) is 5.68. The fraction of sp³-hybridized carbons (Fsp3) is 0.450. The lowest BCUT2D eigenvalue weighted by Crippen LogP contribution is -2.40. The number of nitrogens with zero attached hydrogens (tertiary/aromatic N) is 3. The van der Waals surface area contributed by atoms with Crippen molar-refractivity contribution in [2.24, 2.45) is 0 Å². The van der Waals surface area contributed by atoms with Crippen LogP contribution in [0.5, 0.6) is 5.75 Å². The highest BCUT2D eigenvalue weighted by Crippen LogP contribution is 2.24. The molecule has 1 amide bonds. The lowest BCUT2D eigenvalue weighted by Gasteiger charge is -2.16. The highest BCUT2D eigenvalue weighted by atomic mass is 32.2. The van der Waals surface area contributed by atoms with Gasteiger partial charge in [0.05, 0.1) is 16.8 Å². The molecule has 2 aromatic rings. The molecule has 2 atom stereocenters. The Labute approximate surface area is 181 Å². The Morgan fingerprint density at radius 1 is 1.47 bits per heavy atom. The monoisotopic (exact) mass is 450 g/mol. The molecule has 30 heavy (non-hydrogen) atoms. The first-order valence-electron chi connectivity index (χ1n) is 9.67. The maximum absolute atomic E-state index is 12.5. The third-order valence-electron chi connectivity index (χ3n) is 4.69. The van der Waals surface area contributed by atoms with Gasteiger partial charge in [-0.25, -0.2) is 8.42 Å². The van der Waals surface area contributed by atoms with E-state index in [9.17, 15) is 13.2 Å². The van der Waals surface area contributed by atoms with Gasteiger partial charge in [-0.2, -0.15) is 0 Å². The summed E-state index contributed by atoms with van der Waals surface area (Å²) in [5.41, 5.74) is 1.10. The number of hydrogen-bond acceptors (Lipinski definition) is 7. The zero-order chi connectivity index (χ0) is 21.7. The summed E-state index contributed by atoms with van der Waals surface area (Å²) in [7, 11) is -3.04. The van der Waals surface area contributed by atoms with Crippen molar-refractivity contribution in [3.05, 3.63) is 48.3 Å². The first-order valence-corrected chi connectivity index (χ1v) is 12.4. The number of thioether (sulfide) groups is 1. The van der Waals surface area contributed by atoms with Crippen molar-refractivity contribution in [3.8, 4) is 5.75 Å². The van der Waals surface area contributed by atoms with Crippen molar-refractivity contribution in [2.45, 2.75) is 49.9 Å². The molecule has 0 bridgehead atoms. The topological polar surface area (TPSA) is 103 Å². The van der Waals surface area contributed by atoms with Crippen LogP contribution < -0.4 is 10.1 Å². The van der Waals surface area contributed by atoms with Gasteiger partial charge in [-0.3, -0.25) is 9.36 Å². The van der Waals surface area contributed by atoms with Gasteiger partial charge in [0, 0.05) is 12.6 Å². The van der Waals surface area contributed by atoms with E-state index in [1.807, 2.05) is 35.8 Å². The van der Waals surface area contributed by atoms with E-state index in [2.05, 4.69) is 22.1 Å². The zero-order valence-corrected chi connectivity index (χ0v) is 18.7. The van der Waals surface area contributed by atoms with Crippen LogP contribution in [0.4, 0.5) is 0 Å². The molecular formula is C20H26N4O4S2. The second-order valence-electron chi connectivity index (χ2n) is 7.27. The van der Waals surface area contributed by atoms with Crippen molar-refractivity contribution in [1.82, 2.24) is 20.1 Å². The number of aryl methyl sites for hydroxylation is 1. The average molecular weight is 451 g/mol. The Kier molecular flexibility index (Phi) is 7.19. The third kappa shape index (κ3) is 5.85. The number of sulfone groups is 1. The van der Waals surface area contributed by atoms with Crippen molar-refractivity contribution < 1.29 is 17.9 Å². The molecule has 2 unspecified atom stereocenters. The molecule has 1 saturated heterocycles. The van der Waals surface area contributed by atoms with E-state index in [0.29, 0.717) is 23.9 Å². The first kappa shape index (κ1) is 22.4. The Hall–Kier alpha value is -2.33. The maximum atomic E-state index is 12.5. The number of aromatic nitrogens is 3. The maximum Gasteiger partial charge on any atom is 0.233 e. The van der Waals surface area contributed by atoms with Gasteiger partial charge in [0.1, 0.15) is 12.4 Å². The predicted molar refractivity (Wildman–Crippen MR) is 116 cm³/mol. The summed E-state index contributed by atoms with van der Waals surface area (Å²) in [6.07, 6.45) is 2.19. The summed E-state index contributed by atoms with van der Waals surface area (Å²) in [6.45, 7) is 8.26. The second-order valence-corrected chi connectivity index (χ2v) is 10.8. The molecule has 1 aliphatic heterocycles. The van der Waals surface area contributed by atoms with E-state index in [1.165, 1.54) is 11.8 Å². The highest BCUT2D eigenvalue weighted by Gasteiger charge is 2.30. The minimum Gasteiger partial charge on any atom is -0.486 e. The molecule has 1 aromatic carbocycles. The molecule has 0 radical (unpaired) electrons. The van der Waals surface area contributed by atoms with E-state index in [1.54, 1.807) is 13.0 Å². The molecule has 1 aromatic heterocycles. The van der Waals surface area contributed by atoms with E-state index in [4.69, 9.17) is 4.74 Å². The molecule has 1 aliphatic rings. The van der Waals surface area contributed by atoms with Crippen LogP contribution in [0, 0.1) is 6.92 Å². The third-order valence-corrected chi connectivity index (χ3v) is 7.54. The normalized spacial score (nSPS) is 18.7. The number of carbonyl (C=O) groups is 1. The van der Waals surface area contributed by atoms with Crippen molar-refractivity contribution >= 4 is 27.5 Å². The molecule has 0 aliphatic carbocycles. The van der Waals surface area contributed by atoms with Crippen LogP contribution in [0.15, 0.2) is 42.1 Å². The minimum atomic E-state index is -3.04. The standard InChI is InChI=1S/C20H26N4O4S2/c1-4-9-24-18(12-28-17-7-5-6-14(2)11-17)22-23-20(24)29-15(3)19(25)21-16-8-10-30(26,27)13-16/h4-7,11,15-16H,1,8-10,12-13H2,2-3H3,(H,21,25). The van der Waals surface area contributed by atoms with Gasteiger partial charge >= 0.3 is 0 Å². The van der Waals surface area contributed by atoms with E-state index in [0.717, 1.165) is 11.3 Å². The van der Waals surface area contributed by atoms with Crippen molar-refractivity contribution in [1.29, 1.82) is 0 Å². The summed E-state index contributed by atoms with van der Waals surface area (Å²) >= 11 is 1.27. The van der Waals surface area contributed by atoms with Gasteiger partial charge in [-0.15, -0.1) is 16.8 Å². The fourth-order valence-electron chi connectivity index (χ4n) is 3.12. The number of benzene rings is 1. The minimum absolute atomic E-state index is 0.00320. The van der Waals surface area contributed by atoms with Crippen LogP contribution in [-0.4, -0.2) is 51.9 Å². The van der Waals surface area contributed by atoms with Crippen LogP contribution in [0.3, 0.4) is 0 Å². The van der Waals surface area contributed by atoms with Crippen LogP contribution in [-0.2, 0) is 27.8 Å². The molecule has 0 spiro atoms. The number of carbonyl (C=O) groups excluding carboxylic acids is 1. The Morgan fingerprint density at radius 2 is 2.27 bits per heavy atom. The van der Waals surface area contributed by atoms with Crippen LogP contribution in [0.25, 0.3) is 0 Å². The van der Waals surface area contributed by atoms with Gasteiger partial charge in [-0.05, 0) is 38.0 Å². The largest absolute Gasteiger partial charge is 0.486 e. The van der Waals surface area contributed by atoms with Crippen LogP contribution >= 0.6 is 11.8 Å². The van der Waals surface area contributed by atoms with Gasteiger partial charge in [0.15, 0.2) is 20.8 Å². The molecule has 8 nitrogen and oxygen atoms in total. The van der Waals surface area contributed by atoms with Crippen LogP contribution in [0.1, 0.15) is 24.7 Å². The van der Waals surface area contributed by atoms with Crippen LogP contribution in [0.2, 0.25) is 0 Å². The quantitative estimate of drug-likeness (QED) is 0.461. The van der Waals surface area contributed by atoms with Gasteiger partial charge < -0.3 is 10.1 Å². The smallest absolute Gasteiger partial charge is 0.233 e. The number of allylic oxidation sites excluding steroid dienone is 1. The lowest BCUT2D eigenvalue weighted by molar-refractivity contribution is -0.120. The van der Waals surface area contributed by atoms with Gasteiger partial charge in [-0.1, -0.05) is 30.0 Å². The van der Waals surface area contributed by atoms with E-state index in [-0.39, 0.29) is 30.1 Å².